The van der Waals surface area contributed by atoms with Crippen molar-refractivity contribution in [2.75, 3.05) is 13.1 Å². The first kappa shape index (κ1) is 12.4. The number of likely N-dealkylation sites (tertiary alicyclic amines) is 1. The molecule has 0 aromatic heterocycles. The first-order valence-corrected chi connectivity index (χ1v) is 5.46. The molecule has 1 amide bonds. The Morgan fingerprint density at radius 1 is 1.73 bits per heavy atom. The van der Waals surface area contributed by atoms with Crippen LogP contribution in [0, 0.1) is 5.92 Å². The Bertz CT molecular complexity index is 223. The Hall–Kier alpha value is -0.650. The van der Waals surface area contributed by atoms with Gasteiger partial charge in [0, 0.05) is 19.0 Å². The highest BCUT2D eigenvalue weighted by Crippen LogP contribution is 2.19. The van der Waals surface area contributed by atoms with Crippen molar-refractivity contribution in [3.63, 3.8) is 0 Å². The fourth-order valence-corrected chi connectivity index (χ4v) is 1.93. The van der Waals surface area contributed by atoms with E-state index in [1.54, 1.807) is 0 Å². The minimum Gasteiger partial charge on any atom is -0.392 e. The van der Waals surface area contributed by atoms with Gasteiger partial charge >= 0.3 is 0 Å². The molecule has 1 rings (SSSR count). The van der Waals surface area contributed by atoms with E-state index in [0.29, 0.717) is 18.9 Å². The molecule has 5 nitrogen and oxygen atoms in total. The lowest BCUT2D eigenvalue weighted by Gasteiger charge is -2.37. The Labute approximate surface area is 90.6 Å². The van der Waals surface area contributed by atoms with Gasteiger partial charge < -0.3 is 5.11 Å². The summed E-state index contributed by atoms with van der Waals surface area (Å²) in [6.07, 6.45) is 1.09. The maximum atomic E-state index is 11.1. The van der Waals surface area contributed by atoms with E-state index in [1.165, 1.54) is 0 Å². The lowest BCUT2D eigenvalue weighted by atomic mass is 9.94. The van der Waals surface area contributed by atoms with Gasteiger partial charge in [-0.25, -0.2) is 5.84 Å². The van der Waals surface area contributed by atoms with Crippen LogP contribution in [0.4, 0.5) is 0 Å². The third-order valence-electron chi connectivity index (χ3n) is 3.22. The lowest BCUT2D eigenvalue weighted by Crippen LogP contribution is -2.48. The summed E-state index contributed by atoms with van der Waals surface area (Å²) >= 11 is 0. The summed E-state index contributed by atoms with van der Waals surface area (Å²) in [7, 11) is 0. The third-order valence-corrected chi connectivity index (χ3v) is 3.22. The second-order valence-electron chi connectivity index (χ2n) is 4.45. The van der Waals surface area contributed by atoms with Crippen LogP contribution in [0.3, 0.4) is 0 Å². The topological polar surface area (TPSA) is 78.6 Å². The van der Waals surface area contributed by atoms with E-state index < -0.39 is 0 Å². The Morgan fingerprint density at radius 2 is 2.40 bits per heavy atom. The molecule has 1 saturated heterocycles. The zero-order valence-corrected chi connectivity index (χ0v) is 9.44. The molecular formula is C10H21N3O2. The van der Waals surface area contributed by atoms with E-state index in [1.807, 2.05) is 6.92 Å². The summed E-state index contributed by atoms with van der Waals surface area (Å²) in [5.74, 6) is 5.23. The average Bonchev–Trinajstić information content (AvgIpc) is 2.21. The number of nitrogens with one attached hydrogen (secondary N) is 1. The normalized spacial score (nSPS) is 29.9. The number of nitrogens with two attached hydrogens (primary N) is 1. The molecule has 0 saturated carbocycles. The van der Waals surface area contributed by atoms with Crippen LogP contribution in [0.25, 0.3) is 0 Å². The van der Waals surface area contributed by atoms with Gasteiger partial charge in [0.2, 0.25) is 5.91 Å². The van der Waals surface area contributed by atoms with Gasteiger partial charge in [-0.2, -0.15) is 0 Å². The summed E-state index contributed by atoms with van der Waals surface area (Å²) in [6, 6.07) is 0.135. The highest BCUT2D eigenvalue weighted by molar-refractivity contribution is 5.75. The van der Waals surface area contributed by atoms with Crippen LogP contribution in [-0.4, -0.2) is 41.1 Å². The highest BCUT2D eigenvalue weighted by atomic mass is 16.3. The summed E-state index contributed by atoms with van der Waals surface area (Å²) in [5.41, 5.74) is 2.13. The Morgan fingerprint density at radius 3 is 2.93 bits per heavy atom. The molecule has 0 aliphatic carbocycles. The minimum absolute atomic E-state index is 0.135. The maximum absolute atomic E-state index is 11.1. The van der Waals surface area contributed by atoms with Gasteiger partial charge in [-0.05, 0) is 25.8 Å². The Balaban J connectivity index is 2.40. The molecule has 1 aliphatic heterocycles. The molecule has 0 bridgehead atoms. The number of rotatable bonds is 3. The van der Waals surface area contributed by atoms with Gasteiger partial charge in [0.1, 0.15) is 0 Å². The molecule has 3 atom stereocenters. The van der Waals surface area contributed by atoms with Crippen LogP contribution < -0.4 is 11.3 Å². The molecule has 1 fully saturated rings. The van der Waals surface area contributed by atoms with Crippen molar-refractivity contribution in [2.45, 2.75) is 38.8 Å². The largest absolute Gasteiger partial charge is 0.392 e. The zero-order chi connectivity index (χ0) is 11.4. The van der Waals surface area contributed by atoms with Crippen molar-refractivity contribution >= 4 is 5.91 Å². The molecular weight excluding hydrogens is 194 g/mol. The molecule has 4 N–H and O–H groups in total. The molecule has 0 spiro atoms. The number of piperidine rings is 1. The highest BCUT2D eigenvalue weighted by Gasteiger charge is 2.27. The number of β-amino-alcohol motifs (C(OH)–C–C–N with tert-alkyl or cyclic N) is 1. The summed E-state index contributed by atoms with van der Waals surface area (Å²) in [5, 5.41) is 9.72. The number of carbonyl (C=O) groups excluding carboxylic acids is 1. The number of aliphatic hydroxyl groups excluding tert-OH is 1. The van der Waals surface area contributed by atoms with Gasteiger partial charge in [-0.1, -0.05) is 6.92 Å². The van der Waals surface area contributed by atoms with Crippen LogP contribution in [0.5, 0.6) is 0 Å². The minimum atomic E-state index is -0.276. The van der Waals surface area contributed by atoms with Crippen LogP contribution in [0.15, 0.2) is 0 Å². The van der Waals surface area contributed by atoms with Crippen LogP contribution in [0.2, 0.25) is 0 Å². The van der Waals surface area contributed by atoms with Gasteiger partial charge in [-0.15, -0.1) is 0 Å². The van der Waals surface area contributed by atoms with Crippen molar-refractivity contribution in [3.05, 3.63) is 0 Å². The smallest absolute Gasteiger partial charge is 0.235 e. The molecule has 0 aromatic carbocycles. The third kappa shape index (κ3) is 3.44. The number of aliphatic hydroxyl groups is 1. The predicted octanol–water partition coefficient (Wildman–Crippen LogP) is -0.542. The van der Waals surface area contributed by atoms with Crippen molar-refractivity contribution < 1.29 is 9.90 Å². The maximum Gasteiger partial charge on any atom is 0.235 e. The lowest BCUT2D eigenvalue weighted by molar-refractivity contribution is -0.122. The number of amides is 1. The van der Waals surface area contributed by atoms with E-state index in [4.69, 9.17) is 5.84 Å². The quantitative estimate of drug-likeness (QED) is 0.335. The van der Waals surface area contributed by atoms with E-state index in [2.05, 4.69) is 17.2 Å². The van der Waals surface area contributed by atoms with Crippen LogP contribution >= 0.6 is 0 Å². The number of carbonyl (C=O) groups is 1. The van der Waals surface area contributed by atoms with Crippen LogP contribution in [0.1, 0.15) is 26.7 Å². The standard InChI is InChI=1S/C10H21N3O2/c1-7-3-4-13(6-9(7)14)8(2)5-10(15)12-11/h7-9,14H,3-6,11H2,1-2H3,(H,12,15). The number of hydrogen-bond donors (Lipinski definition) is 3. The van der Waals surface area contributed by atoms with Crippen molar-refractivity contribution in [3.8, 4) is 0 Å². The first-order chi connectivity index (χ1) is 7.04. The van der Waals surface area contributed by atoms with E-state index in [0.717, 1.165) is 13.0 Å². The monoisotopic (exact) mass is 215 g/mol. The fourth-order valence-electron chi connectivity index (χ4n) is 1.93. The summed E-state index contributed by atoms with van der Waals surface area (Å²) in [4.78, 5) is 13.2. The predicted molar refractivity (Wildman–Crippen MR) is 57.8 cm³/mol. The van der Waals surface area contributed by atoms with Gasteiger partial charge in [0.25, 0.3) is 0 Å². The first-order valence-electron chi connectivity index (χ1n) is 5.46. The van der Waals surface area contributed by atoms with Gasteiger partial charge in [0.15, 0.2) is 0 Å². The SMILES string of the molecule is CC1CCN(C(C)CC(=O)NN)CC1O. The Kier molecular flexibility index (Phi) is 4.50. The second-order valence-corrected chi connectivity index (χ2v) is 4.45. The number of nitrogens with zero attached hydrogens (tertiary/aromatic N) is 1. The van der Waals surface area contributed by atoms with Crippen molar-refractivity contribution in [1.82, 2.24) is 10.3 Å². The average molecular weight is 215 g/mol. The van der Waals surface area contributed by atoms with Gasteiger partial charge in [-0.3, -0.25) is 15.1 Å². The molecule has 0 radical (unpaired) electrons. The number of hydrogen-bond acceptors (Lipinski definition) is 4. The molecule has 15 heavy (non-hydrogen) atoms. The van der Waals surface area contributed by atoms with E-state index in [-0.39, 0.29) is 18.1 Å². The van der Waals surface area contributed by atoms with Gasteiger partial charge in [0.05, 0.1) is 6.10 Å². The zero-order valence-electron chi connectivity index (χ0n) is 9.44. The van der Waals surface area contributed by atoms with E-state index >= 15 is 0 Å². The molecule has 88 valence electrons. The van der Waals surface area contributed by atoms with Crippen molar-refractivity contribution in [2.24, 2.45) is 11.8 Å². The number of hydrazine groups is 1. The molecule has 3 unspecified atom stereocenters. The molecule has 0 aromatic rings. The molecule has 1 heterocycles. The van der Waals surface area contributed by atoms with E-state index in [9.17, 15) is 9.90 Å². The summed E-state index contributed by atoms with van der Waals surface area (Å²) in [6.45, 7) is 5.63. The fraction of sp³-hybridized carbons (Fsp3) is 0.900. The van der Waals surface area contributed by atoms with Crippen molar-refractivity contribution in [1.29, 1.82) is 0 Å². The van der Waals surface area contributed by atoms with Crippen LogP contribution in [-0.2, 0) is 4.79 Å². The summed E-state index contributed by atoms with van der Waals surface area (Å²) < 4.78 is 0. The molecule has 1 aliphatic rings. The molecule has 5 heteroatoms. The second kappa shape index (κ2) is 5.44.